The molecule has 4 aromatic rings. The fourth-order valence-electron chi connectivity index (χ4n) is 4.19. The summed E-state index contributed by atoms with van der Waals surface area (Å²) >= 11 is 0. The van der Waals surface area contributed by atoms with Crippen LogP contribution in [0, 0.1) is 11.6 Å². The van der Waals surface area contributed by atoms with Crippen molar-refractivity contribution in [2.24, 2.45) is 5.73 Å². The Kier molecular flexibility index (Phi) is 8.37. The number of ether oxygens (including phenoxy) is 1. The molecule has 4 aromatic carbocycles. The first-order valence-corrected chi connectivity index (χ1v) is 14.3. The molecular formula is C31H32F2N2O3S. The first-order chi connectivity index (χ1) is 18.4. The summed E-state index contributed by atoms with van der Waals surface area (Å²) in [6.45, 7) is 4.23. The average Bonchev–Trinajstić information content (AvgIpc) is 2.88. The largest absolute Gasteiger partial charge is 0.493 e. The summed E-state index contributed by atoms with van der Waals surface area (Å²) in [5.41, 5.74) is 8.54. The fourth-order valence-corrected chi connectivity index (χ4v) is 5.36. The van der Waals surface area contributed by atoms with E-state index in [9.17, 15) is 17.8 Å². The number of carbonyl (C=O) groups is 1. The van der Waals surface area contributed by atoms with Gasteiger partial charge in [0.05, 0.1) is 21.2 Å². The van der Waals surface area contributed by atoms with Gasteiger partial charge in [0.1, 0.15) is 5.75 Å². The molecule has 8 heteroatoms. The zero-order valence-corrected chi connectivity index (χ0v) is 22.8. The minimum absolute atomic E-state index is 0.0113. The van der Waals surface area contributed by atoms with Crippen molar-refractivity contribution in [2.75, 3.05) is 6.61 Å². The number of benzene rings is 4. The minimum Gasteiger partial charge on any atom is -0.493 e. The highest BCUT2D eigenvalue weighted by molar-refractivity contribution is 7.99. The van der Waals surface area contributed by atoms with Crippen molar-refractivity contribution in [3.63, 3.8) is 0 Å². The number of halogens is 2. The molecule has 0 aliphatic heterocycles. The van der Waals surface area contributed by atoms with Gasteiger partial charge in [0.15, 0.2) is 11.6 Å². The maximum absolute atomic E-state index is 13.6. The molecule has 0 aliphatic carbocycles. The Balaban J connectivity index is 1.44. The van der Waals surface area contributed by atoms with Crippen LogP contribution in [-0.2, 0) is 32.9 Å². The van der Waals surface area contributed by atoms with Gasteiger partial charge in [-0.2, -0.15) is 0 Å². The molecule has 0 saturated carbocycles. The van der Waals surface area contributed by atoms with Gasteiger partial charge in [-0.05, 0) is 77.9 Å². The predicted molar refractivity (Wildman–Crippen MR) is 153 cm³/mol. The van der Waals surface area contributed by atoms with E-state index in [-0.39, 0.29) is 11.3 Å². The van der Waals surface area contributed by atoms with E-state index >= 15 is 0 Å². The van der Waals surface area contributed by atoms with Crippen LogP contribution in [0.1, 0.15) is 37.0 Å². The number of rotatable bonds is 10. The zero-order chi connectivity index (χ0) is 28.2. The lowest BCUT2D eigenvalue weighted by atomic mass is 9.93. The van der Waals surface area contributed by atoms with E-state index in [0.29, 0.717) is 25.2 Å². The summed E-state index contributed by atoms with van der Waals surface area (Å²) in [5, 5.41) is 2.34. The molecule has 1 atom stereocenters. The lowest BCUT2D eigenvalue weighted by Gasteiger charge is -2.22. The average molecular weight is 551 g/mol. The molecule has 3 N–H and O–H groups in total. The van der Waals surface area contributed by atoms with E-state index in [4.69, 9.17) is 10.5 Å². The van der Waals surface area contributed by atoms with Crippen molar-refractivity contribution in [2.45, 2.75) is 43.5 Å². The number of amides is 1. The summed E-state index contributed by atoms with van der Waals surface area (Å²) in [6, 6.07) is 22.9. The van der Waals surface area contributed by atoms with Crippen LogP contribution >= 0.6 is 0 Å². The molecule has 1 unspecified atom stereocenters. The number of aryl methyl sites for hydroxylation is 1. The molecule has 39 heavy (non-hydrogen) atoms. The maximum Gasteiger partial charge on any atom is 0.231 e. The van der Waals surface area contributed by atoms with Crippen molar-refractivity contribution in [3.8, 4) is 5.75 Å². The number of fused-ring (bicyclic) bond motifs is 1. The lowest BCUT2D eigenvalue weighted by Crippen LogP contribution is -2.30. The molecule has 4 rings (SSSR count). The summed E-state index contributed by atoms with van der Waals surface area (Å²) < 4.78 is 48.3. The summed E-state index contributed by atoms with van der Waals surface area (Å²) in [4.78, 5) is 12.5. The maximum atomic E-state index is 13.6. The van der Waals surface area contributed by atoms with E-state index < -0.39 is 32.8 Å². The van der Waals surface area contributed by atoms with E-state index in [0.717, 1.165) is 34.9 Å². The van der Waals surface area contributed by atoms with E-state index in [1.165, 1.54) is 10.8 Å². The molecule has 0 saturated heterocycles. The van der Waals surface area contributed by atoms with Gasteiger partial charge in [0.25, 0.3) is 0 Å². The monoisotopic (exact) mass is 550 g/mol. The van der Waals surface area contributed by atoms with E-state index in [1.807, 2.05) is 44.2 Å². The number of hydrogen-bond acceptors (Lipinski definition) is 4. The highest BCUT2D eigenvalue weighted by Gasteiger charge is 2.19. The van der Waals surface area contributed by atoms with Crippen molar-refractivity contribution in [1.29, 1.82) is 0 Å². The molecule has 0 fully saturated rings. The smallest absolute Gasteiger partial charge is 0.231 e. The van der Waals surface area contributed by atoms with E-state index in [1.54, 1.807) is 0 Å². The minimum atomic E-state index is -3.35. The van der Waals surface area contributed by atoms with Gasteiger partial charge in [-0.15, -0.1) is 0 Å². The molecule has 0 radical (unpaired) electrons. The van der Waals surface area contributed by atoms with Gasteiger partial charge in [-0.1, -0.05) is 54.6 Å². The molecular weight excluding hydrogens is 518 g/mol. The second-order valence-electron chi connectivity index (χ2n) is 10.1. The van der Waals surface area contributed by atoms with Crippen LogP contribution < -0.4 is 15.2 Å². The van der Waals surface area contributed by atoms with Gasteiger partial charge in [0, 0.05) is 18.4 Å². The first-order valence-electron chi connectivity index (χ1n) is 12.6. The molecule has 0 heterocycles. The van der Waals surface area contributed by atoms with Crippen LogP contribution in [0.3, 0.4) is 0 Å². The molecule has 204 valence electrons. The first kappa shape index (κ1) is 28.3. The topological polar surface area (TPSA) is 81.4 Å². The zero-order valence-electron chi connectivity index (χ0n) is 22.0. The number of nitrogens with one attached hydrogen (secondary N) is 1. The quantitative estimate of drug-likeness (QED) is 0.249. The Morgan fingerprint density at radius 2 is 1.69 bits per heavy atom. The molecule has 0 spiro atoms. The molecule has 0 aromatic heterocycles. The van der Waals surface area contributed by atoms with Crippen LogP contribution in [0.5, 0.6) is 5.75 Å². The second-order valence-corrected chi connectivity index (χ2v) is 12.1. The SMILES string of the molecule is C=S(=O)(NC(=O)CCc1ccc(C(C)(C)N)cc1OCCc1ccc2ccccc2c1)c1ccc(F)c(F)c1. The van der Waals surface area contributed by atoms with Crippen LogP contribution in [0.25, 0.3) is 10.8 Å². The van der Waals surface area contributed by atoms with E-state index in [2.05, 4.69) is 40.9 Å². The second kappa shape index (κ2) is 11.6. The Morgan fingerprint density at radius 1 is 0.949 bits per heavy atom. The van der Waals surface area contributed by atoms with Gasteiger partial charge in [0.2, 0.25) is 5.91 Å². The Morgan fingerprint density at radius 3 is 2.41 bits per heavy atom. The van der Waals surface area contributed by atoms with Crippen molar-refractivity contribution in [1.82, 2.24) is 4.72 Å². The van der Waals surface area contributed by atoms with Crippen LogP contribution in [0.15, 0.2) is 83.8 Å². The van der Waals surface area contributed by atoms with Gasteiger partial charge in [-0.25, -0.2) is 13.0 Å². The van der Waals surface area contributed by atoms with Gasteiger partial charge in [-0.3, -0.25) is 9.52 Å². The normalized spacial score (nSPS) is 13.2. The Bertz CT molecular complexity index is 1610. The van der Waals surface area contributed by atoms with Crippen LogP contribution in [0.2, 0.25) is 0 Å². The molecule has 0 aliphatic rings. The van der Waals surface area contributed by atoms with Crippen molar-refractivity contribution >= 4 is 32.3 Å². The van der Waals surface area contributed by atoms with Gasteiger partial charge >= 0.3 is 0 Å². The fraction of sp³-hybridized carbons (Fsp3) is 0.226. The number of nitrogens with two attached hydrogens (primary N) is 1. The predicted octanol–water partition coefficient (Wildman–Crippen LogP) is 5.67. The summed E-state index contributed by atoms with van der Waals surface area (Å²) in [7, 11) is -3.35. The highest BCUT2D eigenvalue weighted by atomic mass is 32.2. The van der Waals surface area contributed by atoms with Crippen LogP contribution in [-0.4, -0.2) is 22.6 Å². The number of carbonyl (C=O) groups excluding carboxylic acids is 1. The highest BCUT2D eigenvalue weighted by Crippen LogP contribution is 2.28. The Hall–Kier alpha value is -3.75. The molecule has 1 amide bonds. The third-order valence-corrected chi connectivity index (χ3v) is 8.02. The van der Waals surface area contributed by atoms with Crippen molar-refractivity contribution in [3.05, 3.63) is 107 Å². The Labute approximate surface area is 228 Å². The summed E-state index contributed by atoms with van der Waals surface area (Å²) in [5.74, 6) is 1.37. The molecule has 0 bridgehead atoms. The number of hydrogen-bond donors (Lipinski definition) is 2. The third-order valence-electron chi connectivity index (χ3n) is 6.45. The lowest BCUT2D eigenvalue weighted by molar-refractivity contribution is -0.119. The van der Waals surface area contributed by atoms with Crippen LogP contribution in [0.4, 0.5) is 8.78 Å². The third kappa shape index (κ3) is 7.22. The molecule has 5 nitrogen and oxygen atoms in total. The standard InChI is InChI=1S/C31H32F2N2O3S/c1-31(2,34)25-12-10-23(11-15-30(36)35-39(3,37)26-13-14-27(32)28(33)20-26)29(19-25)38-17-16-21-8-9-22-6-4-5-7-24(22)18-21/h4-10,12-14,18-20H,3,11,15-17,34H2,1-2H3,(H,35,36,37). The summed E-state index contributed by atoms with van der Waals surface area (Å²) in [6.07, 6.45) is 0.983. The van der Waals surface area contributed by atoms with Crippen molar-refractivity contribution < 1.29 is 22.5 Å². The van der Waals surface area contributed by atoms with Gasteiger partial charge < -0.3 is 10.5 Å².